The normalized spacial score (nSPS) is 15.0. The van der Waals surface area contributed by atoms with Gasteiger partial charge < -0.3 is 9.47 Å². The summed E-state index contributed by atoms with van der Waals surface area (Å²) in [6.07, 6.45) is -7.67. The molecule has 1 N–H and O–H groups in total. The van der Waals surface area contributed by atoms with Crippen LogP contribution in [0.4, 0.5) is 26.3 Å². The zero-order chi connectivity index (χ0) is 45.7. The molecule has 2 atom stereocenters. The number of halogens is 10. The van der Waals surface area contributed by atoms with Crippen LogP contribution in [0.1, 0.15) is 85.7 Å². The highest BCUT2D eigenvalue weighted by atomic mass is 35.5. The lowest BCUT2D eigenvalue weighted by Crippen LogP contribution is -2.23. The van der Waals surface area contributed by atoms with E-state index in [1.807, 2.05) is 0 Å². The minimum atomic E-state index is -4.74. The smallest absolute Gasteiger partial charge is 0.397 e. The topological polar surface area (TPSA) is 108 Å². The summed E-state index contributed by atoms with van der Waals surface area (Å²) in [5.41, 5.74) is 1.45. The van der Waals surface area contributed by atoms with Gasteiger partial charge in [-0.05, 0) is 60.7 Å². The molecule has 0 saturated heterocycles. The van der Waals surface area contributed by atoms with Crippen molar-refractivity contribution in [1.82, 2.24) is 19.6 Å². The molecule has 0 bridgehead atoms. The summed E-state index contributed by atoms with van der Waals surface area (Å²) in [5.74, 6) is -3.33. The van der Waals surface area contributed by atoms with Crippen LogP contribution < -0.4 is 9.47 Å². The second-order valence-electron chi connectivity index (χ2n) is 15.4. The van der Waals surface area contributed by atoms with Crippen molar-refractivity contribution in [1.29, 1.82) is 0 Å². The van der Waals surface area contributed by atoms with Crippen LogP contribution in [-0.2, 0) is 23.0 Å². The van der Waals surface area contributed by atoms with Gasteiger partial charge in [0, 0.05) is 40.1 Å². The van der Waals surface area contributed by atoms with Gasteiger partial charge in [0.1, 0.15) is 11.5 Å². The zero-order valence-electron chi connectivity index (χ0n) is 33.2. The largest absolute Gasteiger partial charge is 0.492 e. The van der Waals surface area contributed by atoms with E-state index in [4.69, 9.17) is 55.9 Å². The summed E-state index contributed by atoms with van der Waals surface area (Å²) in [4.78, 5) is 0.791. The first kappa shape index (κ1) is 47.0. The minimum absolute atomic E-state index is 0.00472. The molecule has 0 amide bonds. The van der Waals surface area contributed by atoms with E-state index < -0.39 is 38.5 Å². The molecule has 342 valence electrons. The first-order valence-electron chi connectivity index (χ1n) is 20.0. The van der Waals surface area contributed by atoms with Gasteiger partial charge in [-0.1, -0.05) is 84.9 Å². The van der Waals surface area contributed by atoms with Gasteiger partial charge in [-0.25, -0.2) is 9.36 Å². The third kappa shape index (κ3) is 9.66. The molecule has 0 radical (unpaired) electrons. The maximum atomic E-state index is 15.0. The molecule has 0 fully saturated rings. The highest BCUT2D eigenvalue weighted by Crippen LogP contribution is 2.51. The lowest BCUT2D eigenvalue weighted by Gasteiger charge is -2.20. The van der Waals surface area contributed by atoms with E-state index in [0.29, 0.717) is 69.6 Å². The van der Waals surface area contributed by atoms with Crippen molar-refractivity contribution in [3.05, 3.63) is 96.5 Å². The van der Waals surface area contributed by atoms with Gasteiger partial charge >= 0.3 is 22.5 Å². The van der Waals surface area contributed by atoms with Crippen LogP contribution in [0, 0.1) is 0 Å². The molecular formula is C42H36Cl4F6N4O5S3. The number of ether oxygens (including phenoxy) is 2. The summed E-state index contributed by atoms with van der Waals surface area (Å²) < 4.78 is 138. The van der Waals surface area contributed by atoms with E-state index in [1.54, 1.807) is 23.6 Å². The van der Waals surface area contributed by atoms with Gasteiger partial charge in [0.2, 0.25) is 0 Å². The molecule has 9 nitrogen and oxygen atoms in total. The Labute approximate surface area is 391 Å². The summed E-state index contributed by atoms with van der Waals surface area (Å²) in [6.45, 7) is 0.0615. The number of benzene rings is 2. The monoisotopic (exact) mass is 1030 g/mol. The maximum absolute atomic E-state index is 15.0. The Hall–Kier alpha value is -3.49. The first-order valence-corrected chi connectivity index (χ1v) is 24.7. The number of aromatic nitrogens is 4. The molecule has 4 aromatic heterocycles. The van der Waals surface area contributed by atoms with Crippen molar-refractivity contribution < 1.29 is 48.8 Å². The average molecular weight is 1030 g/mol. The Morgan fingerprint density at radius 2 is 1.14 bits per heavy atom. The van der Waals surface area contributed by atoms with Crippen molar-refractivity contribution >= 4 is 79.2 Å². The van der Waals surface area contributed by atoms with Crippen molar-refractivity contribution in [3.8, 4) is 44.0 Å². The van der Waals surface area contributed by atoms with Crippen LogP contribution in [0.2, 0.25) is 20.1 Å². The van der Waals surface area contributed by atoms with Gasteiger partial charge in [0.15, 0.2) is 4.21 Å². The van der Waals surface area contributed by atoms with Crippen molar-refractivity contribution in [2.45, 2.75) is 92.6 Å². The van der Waals surface area contributed by atoms with E-state index in [0.717, 1.165) is 6.07 Å². The van der Waals surface area contributed by atoms with Crippen molar-refractivity contribution in [3.63, 3.8) is 0 Å². The Kier molecular flexibility index (Phi) is 13.7. The lowest BCUT2D eigenvalue weighted by molar-refractivity contribution is -0.154. The van der Waals surface area contributed by atoms with Crippen molar-refractivity contribution in [2.24, 2.45) is 0 Å². The van der Waals surface area contributed by atoms with Crippen LogP contribution in [0.5, 0.6) is 11.5 Å². The van der Waals surface area contributed by atoms with Crippen LogP contribution in [-0.4, -0.2) is 58.1 Å². The number of hydrogen-bond acceptors (Lipinski definition) is 8. The third-order valence-corrected chi connectivity index (χ3v) is 15.6. The molecule has 2 aromatic carbocycles. The molecule has 2 aliphatic heterocycles. The molecule has 2 aliphatic rings. The fraction of sp³-hybridized carbons (Fsp3) is 0.381. The number of rotatable bonds is 14. The Bertz CT molecular complexity index is 2800. The number of alkyl halides is 6. The summed E-state index contributed by atoms with van der Waals surface area (Å²) >= 11 is 27.3. The molecule has 0 aliphatic carbocycles. The van der Waals surface area contributed by atoms with E-state index in [9.17, 15) is 26.1 Å². The third-order valence-electron chi connectivity index (χ3n) is 11.2. The fourth-order valence-corrected chi connectivity index (χ4v) is 12.0. The maximum Gasteiger partial charge on any atom is 0.397 e. The molecular weight excluding hydrogens is 992 g/mol. The minimum Gasteiger partial charge on any atom is -0.492 e. The van der Waals surface area contributed by atoms with Gasteiger partial charge in [-0.3, -0.25) is 4.55 Å². The number of hydrogen-bond donors (Lipinski definition) is 1. The van der Waals surface area contributed by atoms with Gasteiger partial charge in [-0.2, -0.15) is 45.0 Å². The first-order chi connectivity index (χ1) is 30.3. The molecule has 22 heteroatoms. The summed E-state index contributed by atoms with van der Waals surface area (Å²) in [6, 6.07) is 12.0. The van der Waals surface area contributed by atoms with Crippen LogP contribution in [0.3, 0.4) is 0 Å². The van der Waals surface area contributed by atoms with Crippen LogP contribution in [0.15, 0.2) is 58.1 Å². The zero-order valence-corrected chi connectivity index (χ0v) is 38.7. The predicted octanol–water partition coefficient (Wildman–Crippen LogP) is 14.4. The number of thiophene rings is 2. The molecule has 0 saturated carbocycles. The second kappa shape index (κ2) is 18.7. The highest BCUT2D eigenvalue weighted by Gasteiger charge is 2.46. The quantitative estimate of drug-likeness (QED) is 0.0657. The van der Waals surface area contributed by atoms with E-state index in [-0.39, 0.29) is 106 Å². The van der Waals surface area contributed by atoms with E-state index in [1.165, 1.54) is 45.0 Å². The second-order valence-corrected chi connectivity index (χ2v) is 20.7. The van der Waals surface area contributed by atoms with Gasteiger partial charge in [-0.15, -0.1) is 22.7 Å². The van der Waals surface area contributed by atoms with E-state index in [2.05, 4.69) is 10.2 Å². The van der Waals surface area contributed by atoms with Gasteiger partial charge in [0.05, 0.1) is 79.0 Å². The molecule has 6 heterocycles. The van der Waals surface area contributed by atoms with Crippen LogP contribution >= 0.6 is 69.1 Å². The molecule has 6 aromatic rings. The summed E-state index contributed by atoms with van der Waals surface area (Å²) in [5, 5.41) is 11.8. The highest BCUT2D eigenvalue weighted by molar-refractivity contribution is 7.88. The standard InChI is InChI=1S/C42H36Cl4F6N4O5S3/c43-22-9-11-30(28(45)19-22)55-37-24(13-16-60-32-15-18-62-39(32)37)35(53-55)26(41(47,48)49)7-5-3-1-2-4-6-8-27(42(50,51)52)36-25-14-17-61-33-21-34(64(57,58)59)63-40(33)38(25)56(54-36)31-12-10-23(44)20-29(31)46/h9-12,15,18-21,26-27H,1-8,13-14,16-17H2,(H,57,58,59). The van der Waals surface area contributed by atoms with Crippen molar-refractivity contribution in [2.75, 3.05) is 13.2 Å². The SMILES string of the molecule is O=S(=O)(O)c1cc2c(s1)-c1c(c(C(CCCCCCCCC(c3nn(-c4ccc(Cl)cc4Cl)c4c3CCOc3ccsc3-4)C(F)(F)F)C(F)(F)F)nn1-c1ccc(Cl)cc1Cl)CCO2. The molecule has 2 unspecified atom stereocenters. The Balaban J connectivity index is 0.974. The Morgan fingerprint density at radius 3 is 1.61 bits per heavy atom. The number of nitrogens with zero attached hydrogens (tertiary/aromatic N) is 4. The number of unbranched alkanes of at least 4 members (excludes halogenated alkanes) is 5. The molecule has 64 heavy (non-hydrogen) atoms. The van der Waals surface area contributed by atoms with E-state index >= 15 is 13.2 Å². The summed E-state index contributed by atoms with van der Waals surface area (Å²) in [7, 11) is -4.69. The average Bonchev–Trinajstić information content (AvgIpc) is 3.96. The number of fused-ring (bicyclic) bond motifs is 6. The molecule has 8 rings (SSSR count). The lowest BCUT2D eigenvalue weighted by atomic mass is 9.91. The fourth-order valence-electron chi connectivity index (χ4n) is 8.29. The predicted molar refractivity (Wildman–Crippen MR) is 237 cm³/mol. The Morgan fingerprint density at radius 1 is 0.672 bits per heavy atom. The molecule has 0 spiro atoms. The van der Waals surface area contributed by atoms with Crippen LogP contribution in [0.25, 0.3) is 32.5 Å². The van der Waals surface area contributed by atoms with Gasteiger partial charge in [0.25, 0.3) is 0 Å².